The van der Waals surface area contributed by atoms with Gasteiger partial charge in [0.2, 0.25) is 0 Å². The molecule has 55 heavy (non-hydrogen) atoms. The zero-order valence-electron chi connectivity index (χ0n) is 28.7. The van der Waals surface area contributed by atoms with Crippen molar-refractivity contribution in [3.8, 4) is 39.9 Å². The van der Waals surface area contributed by atoms with Gasteiger partial charge in [-0.2, -0.15) is 13.2 Å². The highest BCUT2D eigenvalue weighted by Gasteiger charge is 2.39. The Hall–Kier alpha value is -6.84. The van der Waals surface area contributed by atoms with Gasteiger partial charge in [-0.15, -0.1) is 11.3 Å². The highest BCUT2D eigenvalue weighted by Crippen LogP contribution is 2.49. The summed E-state index contributed by atoms with van der Waals surface area (Å²) >= 11 is 1.67. The number of furan rings is 1. The molecule has 0 radical (unpaired) electrons. The van der Waals surface area contributed by atoms with E-state index in [-0.39, 0.29) is 22.7 Å². The minimum Gasteiger partial charge on any atom is -0.454 e. The van der Waals surface area contributed by atoms with Crippen LogP contribution < -0.4 is 0 Å². The van der Waals surface area contributed by atoms with Crippen molar-refractivity contribution in [2.24, 2.45) is 0 Å². The average molecular weight is 739 g/mol. The average Bonchev–Trinajstić information content (AvgIpc) is 3.90. The van der Waals surface area contributed by atoms with Crippen LogP contribution >= 0.6 is 11.3 Å². The second-order valence-electron chi connectivity index (χ2n) is 13.4. The molecule has 11 rings (SSSR count). The van der Waals surface area contributed by atoms with Crippen LogP contribution in [0.2, 0.25) is 0 Å². The van der Waals surface area contributed by atoms with Crippen LogP contribution in [0.25, 0.3) is 104 Å². The standard InChI is InChI=1S/C46H25F3N4OS/c47-46(48,49)32-25-31(45-51-43(26-13-3-1-4-14-26)50-44(52-45)27-15-5-2-6-16-27)38-29-18-8-11-21-35(29)54-42(38)41(32)53-33-20-10-7-17-28(33)39-34(53)23-24-37-40(39)30-19-9-12-22-36(30)55-37/h1-25H. The van der Waals surface area contributed by atoms with Crippen LogP contribution in [-0.2, 0) is 6.18 Å². The summed E-state index contributed by atoms with van der Waals surface area (Å²) < 4.78 is 58.2. The van der Waals surface area contributed by atoms with Gasteiger partial charge in [-0.3, -0.25) is 0 Å². The van der Waals surface area contributed by atoms with Gasteiger partial charge in [0.25, 0.3) is 0 Å². The maximum absolute atomic E-state index is 15.9. The Kier molecular flexibility index (Phi) is 6.81. The van der Waals surface area contributed by atoms with Crippen LogP contribution in [0.1, 0.15) is 5.56 Å². The van der Waals surface area contributed by atoms with Crippen molar-refractivity contribution < 1.29 is 17.6 Å². The molecular formula is C46H25F3N4OS. The van der Waals surface area contributed by atoms with E-state index in [2.05, 4.69) is 12.1 Å². The van der Waals surface area contributed by atoms with E-state index in [1.807, 2.05) is 127 Å². The van der Waals surface area contributed by atoms with Crippen molar-refractivity contribution in [3.63, 3.8) is 0 Å². The highest BCUT2D eigenvalue weighted by molar-refractivity contribution is 7.26. The Labute approximate surface area is 314 Å². The third kappa shape index (κ3) is 4.83. The zero-order valence-corrected chi connectivity index (χ0v) is 29.5. The molecule has 4 aromatic heterocycles. The Morgan fingerprint density at radius 1 is 0.509 bits per heavy atom. The fraction of sp³-hybridized carbons (Fsp3) is 0.0217. The molecule has 262 valence electrons. The molecule has 0 bridgehead atoms. The number of thiophene rings is 1. The summed E-state index contributed by atoms with van der Waals surface area (Å²) in [5.41, 5.74) is 2.48. The molecule has 0 unspecified atom stereocenters. The lowest BCUT2D eigenvalue weighted by Gasteiger charge is -2.18. The van der Waals surface area contributed by atoms with E-state index in [1.165, 1.54) is 6.07 Å². The number of fused-ring (bicyclic) bond motifs is 10. The number of hydrogen-bond donors (Lipinski definition) is 0. The molecule has 5 nitrogen and oxygen atoms in total. The first-order valence-electron chi connectivity index (χ1n) is 17.7. The Morgan fingerprint density at radius 2 is 1.11 bits per heavy atom. The van der Waals surface area contributed by atoms with E-state index in [1.54, 1.807) is 22.0 Å². The van der Waals surface area contributed by atoms with E-state index in [0.717, 1.165) is 30.9 Å². The maximum atomic E-state index is 15.9. The SMILES string of the molecule is FC(F)(F)c1cc(-c2nc(-c3ccccc3)nc(-c3ccccc3)n2)c2c(oc3ccccc32)c1-n1c2ccccc2c2c3c(ccc21)sc1ccccc13. The molecule has 0 amide bonds. The zero-order chi connectivity index (χ0) is 36.8. The molecule has 11 aromatic rings. The molecule has 0 saturated heterocycles. The quantitative estimate of drug-likeness (QED) is 0.180. The molecular weight excluding hydrogens is 714 g/mol. The molecule has 9 heteroatoms. The minimum atomic E-state index is -4.80. The van der Waals surface area contributed by atoms with Gasteiger partial charge in [0, 0.05) is 58.4 Å². The van der Waals surface area contributed by atoms with Crippen molar-refractivity contribution >= 4 is 75.3 Å². The number of halogens is 3. The number of aromatic nitrogens is 4. The van der Waals surface area contributed by atoms with Gasteiger partial charge in [0.05, 0.1) is 16.6 Å². The van der Waals surface area contributed by atoms with Crippen LogP contribution in [0.4, 0.5) is 13.2 Å². The molecule has 0 aliphatic heterocycles. The molecule has 7 aromatic carbocycles. The van der Waals surface area contributed by atoms with Crippen molar-refractivity contribution in [3.05, 3.63) is 157 Å². The molecule has 0 spiro atoms. The monoisotopic (exact) mass is 738 g/mol. The van der Waals surface area contributed by atoms with Gasteiger partial charge in [-0.25, -0.2) is 15.0 Å². The number of nitrogens with zero attached hydrogens (tertiary/aromatic N) is 4. The number of benzene rings is 7. The van der Waals surface area contributed by atoms with E-state index >= 15 is 13.2 Å². The summed E-state index contributed by atoms with van der Waals surface area (Å²) in [4.78, 5) is 14.5. The molecule has 0 N–H and O–H groups in total. The first kappa shape index (κ1) is 31.7. The summed E-state index contributed by atoms with van der Waals surface area (Å²) in [6, 6.07) is 47.0. The van der Waals surface area contributed by atoms with Gasteiger partial charge in [0.15, 0.2) is 23.1 Å². The molecule has 4 heterocycles. The fourth-order valence-electron chi connectivity index (χ4n) is 7.95. The minimum absolute atomic E-state index is 0.0897. The Balaban J connectivity index is 1.30. The predicted octanol–water partition coefficient (Wildman–Crippen LogP) is 13.3. The molecule has 0 aliphatic carbocycles. The number of alkyl halides is 3. The third-order valence-corrected chi connectivity index (χ3v) is 11.4. The Morgan fingerprint density at radius 3 is 1.82 bits per heavy atom. The van der Waals surface area contributed by atoms with Crippen molar-refractivity contribution in [1.29, 1.82) is 0 Å². The summed E-state index contributed by atoms with van der Waals surface area (Å²) in [5, 5.41) is 4.96. The first-order valence-corrected chi connectivity index (χ1v) is 18.5. The van der Waals surface area contributed by atoms with E-state index in [4.69, 9.17) is 19.4 Å². The van der Waals surface area contributed by atoms with Gasteiger partial charge in [-0.1, -0.05) is 115 Å². The van der Waals surface area contributed by atoms with Gasteiger partial charge in [-0.05, 0) is 36.4 Å². The number of hydrogen-bond acceptors (Lipinski definition) is 5. The largest absolute Gasteiger partial charge is 0.454 e. The second-order valence-corrected chi connectivity index (χ2v) is 14.5. The number of para-hydroxylation sites is 2. The van der Waals surface area contributed by atoms with Gasteiger partial charge < -0.3 is 8.98 Å². The maximum Gasteiger partial charge on any atom is 0.418 e. The molecule has 0 atom stereocenters. The third-order valence-electron chi connectivity index (χ3n) is 10.3. The lowest BCUT2D eigenvalue weighted by atomic mass is 9.99. The predicted molar refractivity (Wildman–Crippen MR) is 216 cm³/mol. The van der Waals surface area contributed by atoms with Gasteiger partial charge >= 0.3 is 6.18 Å². The van der Waals surface area contributed by atoms with Crippen LogP contribution in [0.5, 0.6) is 0 Å². The van der Waals surface area contributed by atoms with Gasteiger partial charge in [0.1, 0.15) is 11.3 Å². The lowest BCUT2D eigenvalue weighted by Crippen LogP contribution is -2.12. The number of rotatable bonds is 4. The summed E-state index contributed by atoms with van der Waals surface area (Å²) in [6.07, 6.45) is -4.80. The molecule has 0 saturated carbocycles. The second kappa shape index (κ2) is 11.8. The highest BCUT2D eigenvalue weighted by atomic mass is 32.1. The molecule has 0 aliphatic rings. The van der Waals surface area contributed by atoms with E-state index in [0.29, 0.717) is 50.2 Å². The Bertz CT molecular complexity index is 3250. The summed E-state index contributed by atoms with van der Waals surface area (Å²) in [5.74, 6) is 0.796. The van der Waals surface area contributed by atoms with E-state index < -0.39 is 11.7 Å². The van der Waals surface area contributed by atoms with Crippen LogP contribution in [0.3, 0.4) is 0 Å². The fourth-order valence-corrected chi connectivity index (χ4v) is 9.06. The normalized spacial score (nSPS) is 12.3. The van der Waals surface area contributed by atoms with Crippen molar-refractivity contribution in [2.75, 3.05) is 0 Å². The van der Waals surface area contributed by atoms with Crippen LogP contribution in [-0.4, -0.2) is 19.5 Å². The summed E-state index contributed by atoms with van der Waals surface area (Å²) in [6.45, 7) is 0. The van der Waals surface area contributed by atoms with E-state index in [9.17, 15) is 0 Å². The topological polar surface area (TPSA) is 56.7 Å². The van der Waals surface area contributed by atoms with Crippen molar-refractivity contribution in [1.82, 2.24) is 19.5 Å². The van der Waals surface area contributed by atoms with Crippen molar-refractivity contribution in [2.45, 2.75) is 6.18 Å². The van der Waals surface area contributed by atoms with Crippen LogP contribution in [0, 0.1) is 0 Å². The van der Waals surface area contributed by atoms with Crippen LogP contribution in [0.15, 0.2) is 156 Å². The lowest BCUT2D eigenvalue weighted by molar-refractivity contribution is -0.137. The molecule has 0 fully saturated rings. The first-order chi connectivity index (χ1) is 26.9. The smallest absolute Gasteiger partial charge is 0.418 e. The summed E-state index contributed by atoms with van der Waals surface area (Å²) in [7, 11) is 0.